The standard InChI is InChI=1S/C15H16FN3O3/c1-5-9-6-10(8-11(16)7-9)12(20)18-13(17)19-14(21)22-15(2,3)4/h1,6-8H,2-4H3,(H3,17,18,19,20,21). The molecule has 116 valence electrons. The van der Waals surface area contributed by atoms with Crippen LogP contribution in [-0.4, -0.2) is 23.6 Å². The average Bonchev–Trinajstić information content (AvgIpc) is 2.35. The summed E-state index contributed by atoms with van der Waals surface area (Å²) in [7, 11) is 0. The Bertz CT molecular complexity index is 657. The number of halogens is 1. The van der Waals surface area contributed by atoms with E-state index in [9.17, 15) is 14.0 Å². The van der Waals surface area contributed by atoms with Crippen LogP contribution in [0.3, 0.4) is 0 Å². The number of guanidine groups is 1. The fourth-order valence-corrected chi connectivity index (χ4v) is 1.43. The minimum Gasteiger partial charge on any atom is -0.444 e. The molecule has 1 rings (SSSR count). The average molecular weight is 305 g/mol. The van der Waals surface area contributed by atoms with Crippen molar-refractivity contribution in [2.24, 2.45) is 0 Å². The van der Waals surface area contributed by atoms with Gasteiger partial charge in [0.1, 0.15) is 11.4 Å². The predicted molar refractivity (Wildman–Crippen MR) is 78.9 cm³/mol. The smallest absolute Gasteiger partial charge is 0.414 e. The summed E-state index contributed by atoms with van der Waals surface area (Å²) in [5.74, 6) is 0.165. The third-order valence-electron chi connectivity index (χ3n) is 2.19. The molecule has 22 heavy (non-hydrogen) atoms. The summed E-state index contributed by atoms with van der Waals surface area (Å²) >= 11 is 0. The number of amides is 2. The van der Waals surface area contributed by atoms with Crippen molar-refractivity contribution in [3.8, 4) is 12.3 Å². The molecule has 0 saturated heterocycles. The Morgan fingerprint density at radius 3 is 2.45 bits per heavy atom. The van der Waals surface area contributed by atoms with Crippen molar-refractivity contribution in [2.75, 3.05) is 0 Å². The van der Waals surface area contributed by atoms with Gasteiger partial charge in [0.25, 0.3) is 5.91 Å². The lowest BCUT2D eigenvalue weighted by atomic mass is 10.1. The highest BCUT2D eigenvalue weighted by atomic mass is 19.1. The van der Waals surface area contributed by atoms with Crippen molar-refractivity contribution in [3.05, 3.63) is 35.1 Å². The van der Waals surface area contributed by atoms with Gasteiger partial charge in [-0.3, -0.25) is 20.8 Å². The molecule has 0 saturated carbocycles. The first-order chi connectivity index (χ1) is 10.1. The Labute approximate surface area is 127 Å². The lowest BCUT2D eigenvalue weighted by Crippen LogP contribution is -2.45. The van der Waals surface area contributed by atoms with E-state index in [4.69, 9.17) is 16.6 Å². The highest BCUT2D eigenvalue weighted by molar-refractivity contribution is 6.08. The van der Waals surface area contributed by atoms with E-state index in [0.29, 0.717) is 0 Å². The summed E-state index contributed by atoms with van der Waals surface area (Å²) in [5.41, 5.74) is -0.612. The van der Waals surface area contributed by atoms with E-state index in [-0.39, 0.29) is 11.1 Å². The molecule has 0 bridgehead atoms. The first-order valence-electron chi connectivity index (χ1n) is 6.28. The molecule has 0 aromatic heterocycles. The second kappa shape index (κ2) is 6.72. The van der Waals surface area contributed by atoms with Gasteiger partial charge in [0.2, 0.25) is 5.96 Å². The van der Waals surface area contributed by atoms with Crippen LogP contribution in [0.1, 0.15) is 36.7 Å². The van der Waals surface area contributed by atoms with Gasteiger partial charge >= 0.3 is 6.09 Å². The number of carbonyl (C=O) groups is 2. The second-order valence-electron chi connectivity index (χ2n) is 5.33. The summed E-state index contributed by atoms with van der Waals surface area (Å²) in [6.45, 7) is 4.97. The van der Waals surface area contributed by atoms with Crippen molar-refractivity contribution >= 4 is 18.0 Å². The van der Waals surface area contributed by atoms with Crippen LogP contribution in [0.5, 0.6) is 0 Å². The summed E-state index contributed by atoms with van der Waals surface area (Å²) in [6.07, 6.45) is 4.26. The maximum atomic E-state index is 13.3. The lowest BCUT2D eigenvalue weighted by Gasteiger charge is -2.19. The number of carbonyl (C=O) groups excluding carboxylic acids is 2. The molecule has 0 spiro atoms. The van der Waals surface area contributed by atoms with Gasteiger partial charge in [0.15, 0.2) is 0 Å². The van der Waals surface area contributed by atoms with Crippen molar-refractivity contribution in [3.63, 3.8) is 0 Å². The van der Waals surface area contributed by atoms with E-state index in [2.05, 4.69) is 11.2 Å². The number of alkyl carbamates (subject to hydrolysis) is 1. The van der Waals surface area contributed by atoms with Crippen LogP contribution in [0.15, 0.2) is 18.2 Å². The summed E-state index contributed by atoms with van der Waals surface area (Å²) in [6, 6.07) is 3.36. The van der Waals surface area contributed by atoms with Crippen LogP contribution < -0.4 is 10.6 Å². The molecule has 1 aromatic rings. The fraction of sp³-hybridized carbons (Fsp3) is 0.267. The number of nitrogens with one attached hydrogen (secondary N) is 3. The molecule has 1 aromatic carbocycles. The Hall–Kier alpha value is -2.88. The fourth-order valence-electron chi connectivity index (χ4n) is 1.43. The van der Waals surface area contributed by atoms with E-state index in [1.807, 2.05) is 5.32 Å². The summed E-state index contributed by atoms with van der Waals surface area (Å²) in [4.78, 5) is 23.3. The molecule has 3 N–H and O–H groups in total. The number of terminal acetylenes is 1. The molecule has 0 heterocycles. The van der Waals surface area contributed by atoms with Gasteiger partial charge in [0.05, 0.1) is 0 Å². The van der Waals surface area contributed by atoms with Crippen LogP contribution >= 0.6 is 0 Å². The van der Waals surface area contributed by atoms with Gasteiger partial charge in [-0.15, -0.1) is 6.42 Å². The SMILES string of the molecule is C#Cc1cc(F)cc(C(=O)NC(=N)NC(=O)OC(C)(C)C)c1. The molecule has 6 nitrogen and oxygen atoms in total. The number of ether oxygens (including phenoxy) is 1. The Morgan fingerprint density at radius 2 is 1.91 bits per heavy atom. The summed E-state index contributed by atoms with van der Waals surface area (Å²) in [5, 5.41) is 11.6. The van der Waals surface area contributed by atoms with E-state index >= 15 is 0 Å². The Balaban J connectivity index is 2.69. The zero-order valence-electron chi connectivity index (χ0n) is 12.4. The first kappa shape index (κ1) is 17.2. The molecule has 7 heteroatoms. The second-order valence-corrected chi connectivity index (χ2v) is 5.33. The highest BCUT2D eigenvalue weighted by Crippen LogP contribution is 2.08. The molecular formula is C15H16FN3O3. The predicted octanol–water partition coefficient (Wildman–Crippen LogP) is 2.00. The number of rotatable bonds is 1. The van der Waals surface area contributed by atoms with E-state index in [0.717, 1.165) is 12.1 Å². The maximum Gasteiger partial charge on any atom is 0.414 e. The number of hydrogen-bond acceptors (Lipinski definition) is 4. The molecule has 0 atom stereocenters. The van der Waals surface area contributed by atoms with Crippen LogP contribution in [0.2, 0.25) is 0 Å². The molecule has 0 fully saturated rings. The minimum absolute atomic E-state index is 0.0660. The van der Waals surface area contributed by atoms with Gasteiger partial charge < -0.3 is 4.74 Å². The number of benzene rings is 1. The van der Waals surface area contributed by atoms with Crippen LogP contribution in [0.25, 0.3) is 0 Å². The van der Waals surface area contributed by atoms with Crippen molar-refractivity contribution in [2.45, 2.75) is 26.4 Å². The highest BCUT2D eigenvalue weighted by Gasteiger charge is 2.18. The van der Waals surface area contributed by atoms with E-state index in [1.54, 1.807) is 20.8 Å². The van der Waals surface area contributed by atoms with Gasteiger partial charge in [-0.05, 0) is 39.0 Å². The van der Waals surface area contributed by atoms with Gasteiger partial charge in [-0.25, -0.2) is 9.18 Å². The van der Waals surface area contributed by atoms with E-state index < -0.39 is 29.4 Å². The molecular weight excluding hydrogens is 289 g/mol. The number of hydrogen-bond donors (Lipinski definition) is 3. The third kappa shape index (κ3) is 5.63. The molecule has 0 radical (unpaired) electrons. The maximum absolute atomic E-state index is 13.3. The van der Waals surface area contributed by atoms with Crippen molar-refractivity contribution in [1.29, 1.82) is 5.41 Å². The van der Waals surface area contributed by atoms with Crippen molar-refractivity contribution < 1.29 is 18.7 Å². The molecule has 0 aliphatic heterocycles. The van der Waals surface area contributed by atoms with E-state index in [1.165, 1.54) is 6.07 Å². The zero-order valence-corrected chi connectivity index (χ0v) is 12.4. The molecule has 0 aliphatic carbocycles. The largest absolute Gasteiger partial charge is 0.444 e. The van der Waals surface area contributed by atoms with Crippen molar-refractivity contribution in [1.82, 2.24) is 10.6 Å². The van der Waals surface area contributed by atoms with Crippen LogP contribution in [0, 0.1) is 23.6 Å². The lowest BCUT2D eigenvalue weighted by molar-refractivity contribution is 0.0561. The monoisotopic (exact) mass is 305 g/mol. The first-order valence-corrected chi connectivity index (χ1v) is 6.28. The minimum atomic E-state index is -0.888. The molecule has 2 amide bonds. The van der Waals surface area contributed by atoms with Crippen LogP contribution in [0.4, 0.5) is 9.18 Å². The third-order valence-corrected chi connectivity index (χ3v) is 2.19. The Kier molecular flexibility index (Phi) is 5.24. The summed E-state index contributed by atoms with van der Waals surface area (Å²) < 4.78 is 18.2. The van der Waals surface area contributed by atoms with Gasteiger partial charge in [0, 0.05) is 11.1 Å². The zero-order chi connectivity index (χ0) is 16.9. The quantitative estimate of drug-likeness (QED) is 0.421. The Morgan fingerprint density at radius 1 is 1.27 bits per heavy atom. The van der Waals surface area contributed by atoms with Crippen LogP contribution in [-0.2, 0) is 4.74 Å². The van der Waals surface area contributed by atoms with Gasteiger partial charge in [-0.1, -0.05) is 5.92 Å². The normalized spacial score (nSPS) is 10.3. The topological polar surface area (TPSA) is 91.3 Å². The molecule has 0 aliphatic rings. The molecule has 0 unspecified atom stereocenters. The van der Waals surface area contributed by atoms with Gasteiger partial charge in [-0.2, -0.15) is 0 Å².